The van der Waals surface area contributed by atoms with Gasteiger partial charge in [0.25, 0.3) is 0 Å². The molecular weight excluding hydrogens is 156 g/mol. The summed E-state index contributed by atoms with van der Waals surface area (Å²) in [6.45, 7) is 9.66. The Morgan fingerprint density at radius 2 is 2.00 bits per heavy atom. The zero-order valence-corrected chi connectivity index (χ0v) is 8.76. The minimum absolute atomic E-state index is 1.15. The molecule has 0 amide bonds. The molecule has 0 heterocycles. The maximum Gasteiger partial charge on any atom is -0.0282 e. The van der Waals surface area contributed by atoms with E-state index in [1.54, 1.807) is 6.08 Å². The molecule has 0 heteroatoms. The molecule has 0 aliphatic carbocycles. The molecule has 0 unspecified atom stereocenters. The van der Waals surface area contributed by atoms with Gasteiger partial charge in [-0.1, -0.05) is 62.6 Å². The summed E-state index contributed by atoms with van der Waals surface area (Å²) in [7, 11) is 0. The number of hydrogen-bond acceptors (Lipinski definition) is 0. The number of allylic oxidation sites excluding steroid dienone is 5. The van der Waals surface area contributed by atoms with Gasteiger partial charge >= 0.3 is 0 Å². The molecule has 0 rings (SSSR count). The third kappa shape index (κ3) is 7.58. The highest BCUT2D eigenvalue weighted by atomic mass is 14.0. The zero-order valence-electron chi connectivity index (χ0n) is 8.76. The second kappa shape index (κ2) is 9.31. The Morgan fingerprint density at radius 3 is 2.54 bits per heavy atom. The average molecular weight is 177 g/mol. The molecule has 0 spiro atoms. The van der Waals surface area contributed by atoms with Gasteiger partial charge in [0.15, 0.2) is 0 Å². The van der Waals surface area contributed by atoms with E-state index in [1.165, 1.54) is 31.3 Å². The molecule has 0 saturated heterocycles. The van der Waals surface area contributed by atoms with E-state index in [1.807, 2.05) is 12.2 Å². The van der Waals surface area contributed by atoms with Gasteiger partial charge in [-0.15, -0.1) is 0 Å². The van der Waals surface area contributed by atoms with Crippen molar-refractivity contribution in [3.63, 3.8) is 0 Å². The molecule has 0 bridgehead atoms. The summed E-state index contributed by atoms with van der Waals surface area (Å²) in [5.41, 5.74) is 1.32. The summed E-state index contributed by atoms with van der Waals surface area (Å²) >= 11 is 0. The van der Waals surface area contributed by atoms with Crippen LogP contribution in [0.4, 0.5) is 0 Å². The molecule has 0 aliphatic rings. The van der Waals surface area contributed by atoms with Crippen molar-refractivity contribution in [3.8, 4) is 0 Å². The second-order valence-electron chi connectivity index (χ2n) is 3.18. The van der Waals surface area contributed by atoms with Crippen molar-refractivity contribution >= 4 is 0 Å². The standard InChI is InChI=1S/C13H21/c1-4-7-9-10-12-13(6-3)11-8-5-2/h5-6,8,11H,2-4,7,9-10,12H2,1H3/b11-8-,13-6+. The summed E-state index contributed by atoms with van der Waals surface area (Å²) < 4.78 is 0. The van der Waals surface area contributed by atoms with Crippen LogP contribution >= 0.6 is 0 Å². The van der Waals surface area contributed by atoms with Gasteiger partial charge in [-0.2, -0.15) is 0 Å². The number of unbranched alkanes of at least 4 members (excludes halogenated alkanes) is 3. The van der Waals surface area contributed by atoms with E-state index < -0.39 is 0 Å². The van der Waals surface area contributed by atoms with Crippen LogP contribution < -0.4 is 0 Å². The fourth-order valence-electron chi connectivity index (χ4n) is 1.20. The van der Waals surface area contributed by atoms with E-state index in [2.05, 4.69) is 26.5 Å². The Morgan fingerprint density at radius 1 is 1.23 bits per heavy atom. The van der Waals surface area contributed by atoms with Crippen LogP contribution in [-0.2, 0) is 0 Å². The third-order valence-corrected chi connectivity index (χ3v) is 2.03. The van der Waals surface area contributed by atoms with Gasteiger partial charge in [-0.05, 0) is 19.8 Å². The van der Waals surface area contributed by atoms with E-state index in [0.717, 1.165) is 6.42 Å². The number of rotatable bonds is 7. The Balaban J connectivity index is 3.61. The third-order valence-electron chi connectivity index (χ3n) is 2.03. The van der Waals surface area contributed by atoms with Gasteiger partial charge in [0.2, 0.25) is 0 Å². The quantitative estimate of drug-likeness (QED) is 0.398. The summed E-state index contributed by atoms with van der Waals surface area (Å²) in [6, 6.07) is 0. The molecule has 0 aromatic heterocycles. The molecule has 0 atom stereocenters. The fraction of sp³-hybridized carbons (Fsp3) is 0.462. The highest BCUT2D eigenvalue weighted by Gasteiger charge is 1.91. The molecule has 0 saturated carbocycles. The highest BCUT2D eigenvalue weighted by Crippen LogP contribution is 2.11. The first-order chi connectivity index (χ1) is 6.35. The van der Waals surface area contributed by atoms with E-state index >= 15 is 0 Å². The van der Waals surface area contributed by atoms with Crippen LogP contribution in [0.3, 0.4) is 0 Å². The highest BCUT2D eigenvalue weighted by molar-refractivity contribution is 5.22. The van der Waals surface area contributed by atoms with Crippen molar-refractivity contribution in [1.82, 2.24) is 0 Å². The second-order valence-corrected chi connectivity index (χ2v) is 3.18. The lowest BCUT2D eigenvalue weighted by Crippen LogP contribution is -1.80. The lowest BCUT2D eigenvalue weighted by atomic mass is 10.1. The van der Waals surface area contributed by atoms with Gasteiger partial charge in [0, 0.05) is 0 Å². The average Bonchev–Trinajstić information content (AvgIpc) is 2.17. The van der Waals surface area contributed by atoms with Crippen LogP contribution in [0.5, 0.6) is 0 Å². The van der Waals surface area contributed by atoms with Crippen molar-refractivity contribution in [3.05, 3.63) is 43.4 Å². The van der Waals surface area contributed by atoms with Crippen LogP contribution in [0.1, 0.15) is 39.0 Å². The Labute approximate surface area is 83.0 Å². The van der Waals surface area contributed by atoms with Crippen LogP contribution in [-0.4, -0.2) is 0 Å². The molecule has 0 aromatic rings. The minimum atomic E-state index is 1.15. The Bertz CT molecular complexity index is 172. The first-order valence-electron chi connectivity index (χ1n) is 5.12. The number of hydrogen-bond donors (Lipinski definition) is 0. The predicted octanol–water partition coefficient (Wildman–Crippen LogP) is 4.46. The van der Waals surface area contributed by atoms with E-state index in [-0.39, 0.29) is 0 Å². The fourth-order valence-corrected chi connectivity index (χ4v) is 1.20. The maximum absolute atomic E-state index is 3.79. The lowest BCUT2D eigenvalue weighted by Gasteiger charge is -2.00. The maximum atomic E-state index is 3.79. The van der Waals surface area contributed by atoms with Crippen LogP contribution in [0.25, 0.3) is 0 Å². The van der Waals surface area contributed by atoms with Crippen LogP contribution in [0.2, 0.25) is 0 Å². The van der Waals surface area contributed by atoms with Gasteiger partial charge in [0.1, 0.15) is 0 Å². The normalized spacial score (nSPS) is 12.3. The van der Waals surface area contributed by atoms with Crippen molar-refractivity contribution < 1.29 is 0 Å². The molecule has 0 aromatic carbocycles. The monoisotopic (exact) mass is 177 g/mol. The van der Waals surface area contributed by atoms with Crippen molar-refractivity contribution in [1.29, 1.82) is 0 Å². The Kier molecular flexibility index (Phi) is 8.75. The zero-order chi connectivity index (χ0) is 9.94. The molecule has 0 fully saturated rings. The predicted molar refractivity (Wildman–Crippen MR) is 61.5 cm³/mol. The summed E-state index contributed by atoms with van der Waals surface area (Å²) in [4.78, 5) is 0. The summed E-state index contributed by atoms with van der Waals surface area (Å²) in [5, 5.41) is 0. The first kappa shape index (κ1) is 12.2. The van der Waals surface area contributed by atoms with Gasteiger partial charge in [-0.3, -0.25) is 0 Å². The van der Waals surface area contributed by atoms with Crippen molar-refractivity contribution in [2.45, 2.75) is 39.0 Å². The van der Waals surface area contributed by atoms with Gasteiger partial charge in [0.05, 0.1) is 0 Å². The van der Waals surface area contributed by atoms with Crippen molar-refractivity contribution in [2.75, 3.05) is 0 Å². The van der Waals surface area contributed by atoms with Crippen LogP contribution in [0, 0.1) is 6.92 Å². The summed E-state index contributed by atoms with van der Waals surface area (Å²) in [5.74, 6) is 0. The van der Waals surface area contributed by atoms with E-state index in [9.17, 15) is 0 Å². The molecular formula is C13H21. The van der Waals surface area contributed by atoms with Gasteiger partial charge in [-0.25, -0.2) is 0 Å². The summed E-state index contributed by atoms with van der Waals surface area (Å²) in [6.07, 6.45) is 14.2. The van der Waals surface area contributed by atoms with Gasteiger partial charge < -0.3 is 0 Å². The molecule has 0 N–H and O–H groups in total. The molecule has 0 aliphatic heterocycles. The SMILES string of the molecule is [CH2]/C=C(\C=C/C=C)CCCCCC. The van der Waals surface area contributed by atoms with Crippen LogP contribution in [0.15, 0.2) is 36.5 Å². The minimum Gasteiger partial charge on any atom is -0.0991 e. The molecule has 73 valence electrons. The smallest absolute Gasteiger partial charge is 0.0282 e. The van der Waals surface area contributed by atoms with Crippen molar-refractivity contribution in [2.24, 2.45) is 0 Å². The van der Waals surface area contributed by atoms with E-state index in [0.29, 0.717) is 0 Å². The first-order valence-corrected chi connectivity index (χ1v) is 5.12. The van der Waals surface area contributed by atoms with E-state index in [4.69, 9.17) is 0 Å². The Hall–Kier alpha value is -0.780. The largest absolute Gasteiger partial charge is 0.0991 e. The lowest BCUT2D eigenvalue weighted by molar-refractivity contribution is 0.668. The molecule has 0 nitrogen and oxygen atoms in total. The molecule has 13 heavy (non-hydrogen) atoms. The topological polar surface area (TPSA) is 0 Å². The molecule has 1 radical (unpaired) electrons.